The Bertz CT molecular complexity index is 784. The zero-order chi connectivity index (χ0) is 15.0. The zero-order valence-electron chi connectivity index (χ0n) is 11.4. The van der Waals surface area contributed by atoms with E-state index in [1.165, 1.54) is 16.9 Å². The molecule has 0 saturated heterocycles. The molecule has 2 heterocycles. The van der Waals surface area contributed by atoms with Crippen LogP contribution in [0.2, 0.25) is 0 Å². The van der Waals surface area contributed by atoms with Crippen molar-refractivity contribution in [2.24, 2.45) is 0 Å². The molecule has 0 saturated carbocycles. The Hall–Kier alpha value is -1.05. The largest absolute Gasteiger partial charge is 0.385 e. The monoisotopic (exact) mass is 386 g/mol. The number of benzene rings is 1. The van der Waals surface area contributed by atoms with Gasteiger partial charge in [-0.1, -0.05) is 6.07 Å². The number of hydrogen-bond donors (Lipinski definition) is 2. The van der Waals surface area contributed by atoms with Crippen molar-refractivity contribution in [3.63, 3.8) is 0 Å². The van der Waals surface area contributed by atoms with Crippen molar-refractivity contribution in [2.45, 2.75) is 24.7 Å². The molecule has 1 aliphatic heterocycles. The van der Waals surface area contributed by atoms with Gasteiger partial charge in [0.25, 0.3) is 10.0 Å². The topological polar surface area (TPSA) is 58.2 Å². The summed E-state index contributed by atoms with van der Waals surface area (Å²) in [5, 5.41) is 3.30. The Morgan fingerprint density at radius 2 is 2.14 bits per heavy atom. The summed E-state index contributed by atoms with van der Waals surface area (Å²) in [6.45, 7) is 2.73. The molecule has 0 atom stereocenters. The van der Waals surface area contributed by atoms with E-state index in [4.69, 9.17) is 0 Å². The lowest BCUT2D eigenvalue weighted by Gasteiger charge is -2.19. The summed E-state index contributed by atoms with van der Waals surface area (Å²) < 4.78 is 28.4. The third kappa shape index (κ3) is 3.09. The minimum Gasteiger partial charge on any atom is -0.385 e. The van der Waals surface area contributed by atoms with Crippen LogP contribution in [-0.2, 0) is 16.4 Å². The molecule has 3 rings (SSSR count). The molecule has 112 valence electrons. The van der Waals surface area contributed by atoms with E-state index in [9.17, 15) is 8.42 Å². The van der Waals surface area contributed by atoms with Crippen LogP contribution in [0.3, 0.4) is 0 Å². The van der Waals surface area contributed by atoms with Gasteiger partial charge in [-0.25, -0.2) is 8.42 Å². The van der Waals surface area contributed by atoms with Gasteiger partial charge in [-0.15, -0.1) is 11.3 Å². The van der Waals surface area contributed by atoms with Gasteiger partial charge in [0.05, 0.1) is 9.47 Å². The first kappa shape index (κ1) is 14.9. The molecule has 0 bridgehead atoms. The Labute approximate surface area is 136 Å². The third-order valence-electron chi connectivity index (χ3n) is 3.43. The maximum absolute atomic E-state index is 12.5. The lowest BCUT2D eigenvalue weighted by Crippen LogP contribution is -2.15. The summed E-state index contributed by atoms with van der Waals surface area (Å²) in [6, 6.07) is 7.30. The number of hydrogen-bond acceptors (Lipinski definition) is 4. The molecular weight excluding hydrogens is 372 g/mol. The Morgan fingerprint density at radius 3 is 2.86 bits per heavy atom. The normalized spacial score (nSPS) is 14.4. The predicted molar refractivity (Wildman–Crippen MR) is 90.8 cm³/mol. The first-order chi connectivity index (χ1) is 9.95. The summed E-state index contributed by atoms with van der Waals surface area (Å²) >= 11 is 4.74. The van der Waals surface area contributed by atoms with E-state index in [-0.39, 0.29) is 0 Å². The maximum Gasteiger partial charge on any atom is 0.263 e. The van der Waals surface area contributed by atoms with E-state index in [0.717, 1.165) is 33.7 Å². The SMILES string of the molecule is Cc1sc(Br)cc1S(=O)(=O)Nc1ccc2c(c1)NCCC2. The number of anilines is 2. The molecule has 0 fully saturated rings. The number of rotatable bonds is 3. The molecule has 0 radical (unpaired) electrons. The van der Waals surface area contributed by atoms with Crippen LogP contribution in [0.5, 0.6) is 0 Å². The third-order valence-corrected chi connectivity index (χ3v) is 6.62. The number of aryl methyl sites for hydroxylation is 2. The van der Waals surface area contributed by atoms with Crippen LogP contribution in [0.15, 0.2) is 32.9 Å². The van der Waals surface area contributed by atoms with Gasteiger partial charge in [0.2, 0.25) is 0 Å². The molecule has 4 nitrogen and oxygen atoms in total. The van der Waals surface area contributed by atoms with Gasteiger partial charge in [0.15, 0.2) is 0 Å². The van der Waals surface area contributed by atoms with Crippen molar-refractivity contribution in [1.29, 1.82) is 0 Å². The number of thiophene rings is 1. The predicted octanol–water partition coefficient (Wildman–Crippen LogP) is 3.98. The van der Waals surface area contributed by atoms with Crippen LogP contribution in [0, 0.1) is 6.92 Å². The summed E-state index contributed by atoms with van der Waals surface area (Å²) in [7, 11) is -3.55. The lowest BCUT2D eigenvalue weighted by molar-refractivity contribution is 0.601. The highest BCUT2D eigenvalue weighted by Crippen LogP contribution is 2.32. The highest BCUT2D eigenvalue weighted by atomic mass is 79.9. The Balaban J connectivity index is 1.90. The van der Waals surface area contributed by atoms with Gasteiger partial charge < -0.3 is 5.32 Å². The van der Waals surface area contributed by atoms with Crippen molar-refractivity contribution in [1.82, 2.24) is 0 Å². The summed E-state index contributed by atoms with van der Waals surface area (Å²) in [5.41, 5.74) is 2.84. The Kier molecular flexibility index (Phi) is 3.98. The second-order valence-corrected chi connectivity index (χ2v) is 9.27. The van der Waals surface area contributed by atoms with Crippen LogP contribution < -0.4 is 10.0 Å². The van der Waals surface area contributed by atoms with Crippen molar-refractivity contribution in [3.8, 4) is 0 Å². The molecule has 1 aromatic carbocycles. The van der Waals surface area contributed by atoms with Gasteiger partial charge in [-0.2, -0.15) is 0 Å². The molecule has 0 aliphatic carbocycles. The molecule has 21 heavy (non-hydrogen) atoms. The van der Waals surface area contributed by atoms with Gasteiger partial charge in [0, 0.05) is 17.1 Å². The van der Waals surface area contributed by atoms with Crippen molar-refractivity contribution in [3.05, 3.63) is 38.5 Å². The summed E-state index contributed by atoms with van der Waals surface area (Å²) in [6.07, 6.45) is 2.14. The average Bonchev–Trinajstić information content (AvgIpc) is 2.78. The number of fused-ring (bicyclic) bond motifs is 1. The minimum absolute atomic E-state index is 0.324. The Morgan fingerprint density at radius 1 is 1.33 bits per heavy atom. The molecule has 0 amide bonds. The van der Waals surface area contributed by atoms with Crippen molar-refractivity contribution >= 4 is 48.7 Å². The first-order valence-corrected chi connectivity index (χ1v) is 9.70. The van der Waals surface area contributed by atoms with E-state index >= 15 is 0 Å². The fraction of sp³-hybridized carbons (Fsp3) is 0.286. The van der Waals surface area contributed by atoms with E-state index < -0.39 is 10.0 Å². The summed E-state index contributed by atoms with van der Waals surface area (Å²) in [4.78, 5) is 1.09. The average molecular weight is 387 g/mol. The quantitative estimate of drug-likeness (QED) is 0.838. The molecular formula is C14H15BrN2O2S2. The van der Waals surface area contributed by atoms with Crippen LogP contribution in [0.1, 0.15) is 16.9 Å². The molecule has 2 N–H and O–H groups in total. The van der Waals surface area contributed by atoms with E-state index in [1.54, 1.807) is 13.0 Å². The number of sulfonamides is 1. The second-order valence-electron chi connectivity index (χ2n) is 4.98. The van der Waals surface area contributed by atoms with Crippen LogP contribution >= 0.6 is 27.3 Å². The smallest absolute Gasteiger partial charge is 0.263 e. The lowest BCUT2D eigenvalue weighted by atomic mass is 10.0. The molecule has 2 aromatic rings. The fourth-order valence-corrected chi connectivity index (χ4v) is 5.90. The van der Waals surface area contributed by atoms with Gasteiger partial charge in [-0.3, -0.25) is 4.72 Å². The number of nitrogens with one attached hydrogen (secondary N) is 2. The number of halogens is 1. The highest BCUT2D eigenvalue weighted by Gasteiger charge is 2.20. The van der Waals surface area contributed by atoms with E-state index in [0.29, 0.717) is 10.6 Å². The first-order valence-electron chi connectivity index (χ1n) is 6.61. The zero-order valence-corrected chi connectivity index (χ0v) is 14.7. The van der Waals surface area contributed by atoms with Gasteiger partial charge in [-0.05, 0) is 59.5 Å². The second kappa shape index (κ2) is 5.62. The van der Waals surface area contributed by atoms with Crippen LogP contribution in [0.4, 0.5) is 11.4 Å². The van der Waals surface area contributed by atoms with Gasteiger partial charge in [0.1, 0.15) is 4.90 Å². The highest BCUT2D eigenvalue weighted by molar-refractivity contribution is 9.11. The molecule has 1 aromatic heterocycles. The van der Waals surface area contributed by atoms with Crippen LogP contribution in [-0.4, -0.2) is 15.0 Å². The minimum atomic E-state index is -3.55. The fourth-order valence-electron chi connectivity index (χ4n) is 2.43. The van der Waals surface area contributed by atoms with Crippen molar-refractivity contribution in [2.75, 3.05) is 16.6 Å². The van der Waals surface area contributed by atoms with E-state index in [2.05, 4.69) is 26.0 Å². The van der Waals surface area contributed by atoms with Crippen molar-refractivity contribution < 1.29 is 8.42 Å². The maximum atomic E-state index is 12.5. The molecule has 7 heteroatoms. The summed E-state index contributed by atoms with van der Waals surface area (Å²) in [5.74, 6) is 0. The van der Waals surface area contributed by atoms with Gasteiger partial charge >= 0.3 is 0 Å². The van der Waals surface area contributed by atoms with E-state index in [1.807, 2.05) is 18.2 Å². The molecule has 0 spiro atoms. The van der Waals surface area contributed by atoms with Crippen LogP contribution in [0.25, 0.3) is 0 Å². The molecule has 1 aliphatic rings. The molecule has 0 unspecified atom stereocenters. The standard InChI is InChI=1S/C14H15BrN2O2S2/c1-9-13(8-14(15)20-9)21(18,19)17-11-5-4-10-3-2-6-16-12(10)7-11/h4-5,7-8,16-17H,2-3,6H2,1H3.